The molecule has 21 heavy (non-hydrogen) atoms. The number of carbonyl (C=O) groups excluding carboxylic acids is 1. The Morgan fingerprint density at radius 1 is 1.24 bits per heavy atom. The Bertz CT molecular complexity index is 429. The number of carbonyl (C=O) groups is 1. The first-order valence-corrected chi connectivity index (χ1v) is 6.99. The number of hydrogen-bond acceptors (Lipinski definition) is 4. The van der Waals surface area contributed by atoms with Gasteiger partial charge in [-0.15, -0.1) is 0 Å². The molecule has 6 heteroatoms. The lowest BCUT2D eigenvalue weighted by molar-refractivity contribution is -0.157. The van der Waals surface area contributed by atoms with Crippen LogP contribution in [0.1, 0.15) is 24.8 Å². The fraction of sp³-hybridized carbons (Fsp3) is 0.533. The van der Waals surface area contributed by atoms with Crippen molar-refractivity contribution in [3.63, 3.8) is 0 Å². The molecule has 0 aliphatic heterocycles. The van der Waals surface area contributed by atoms with Crippen LogP contribution in [0.2, 0.25) is 0 Å². The topological polar surface area (TPSA) is 78.3 Å². The molecule has 0 bridgehead atoms. The summed E-state index contributed by atoms with van der Waals surface area (Å²) in [7, 11) is 0. The average Bonchev–Trinajstić information content (AvgIpc) is 2.49. The average molecular weight is 300 g/mol. The number of aryl methyl sites for hydroxylation is 1. The second-order valence-corrected chi connectivity index (χ2v) is 4.96. The van der Waals surface area contributed by atoms with E-state index in [2.05, 4.69) is 0 Å². The summed E-state index contributed by atoms with van der Waals surface area (Å²) < 4.78 is 30.8. The summed E-state index contributed by atoms with van der Waals surface area (Å²) in [6.07, 6.45) is -1.63. The van der Waals surface area contributed by atoms with Crippen molar-refractivity contribution >= 4 is 5.97 Å². The first-order chi connectivity index (χ1) is 10.0. The summed E-state index contributed by atoms with van der Waals surface area (Å²) in [5, 5.41) is 0. The van der Waals surface area contributed by atoms with Gasteiger partial charge in [-0.3, -0.25) is 0 Å². The summed E-state index contributed by atoms with van der Waals surface area (Å²) in [5.41, 5.74) is 9.60. The van der Waals surface area contributed by atoms with Gasteiger partial charge in [-0.2, -0.15) is 0 Å². The Hall–Kier alpha value is -1.53. The SMILES string of the molecule is NCCCC(N)(C(=O)OCCCc1ccccc1)C(F)F. The first-order valence-electron chi connectivity index (χ1n) is 6.99. The molecule has 4 N–H and O–H groups in total. The van der Waals surface area contributed by atoms with Crippen LogP contribution >= 0.6 is 0 Å². The Morgan fingerprint density at radius 2 is 1.90 bits per heavy atom. The summed E-state index contributed by atoms with van der Waals surface area (Å²) >= 11 is 0. The number of nitrogens with two attached hydrogens (primary N) is 2. The summed E-state index contributed by atoms with van der Waals surface area (Å²) in [4.78, 5) is 11.8. The minimum absolute atomic E-state index is 0.0715. The second-order valence-electron chi connectivity index (χ2n) is 4.96. The van der Waals surface area contributed by atoms with Crippen LogP contribution < -0.4 is 11.5 Å². The predicted molar refractivity (Wildman–Crippen MR) is 76.9 cm³/mol. The Labute approximate surface area is 123 Å². The van der Waals surface area contributed by atoms with Gasteiger partial charge in [-0.1, -0.05) is 30.3 Å². The van der Waals surface area contributed by atoms with Crippen LogP contribution in [0.25, 0.3) is 0 Å². The summed E-state index contributed by atoms with van der Waals surface area (Å²) in [5.74, 6) is -1.06. The van der Waals surface area contributed by atoms with E-state index in [-0.39, 0.29) is 26.0 Å². The highest BCUT2D eigenvalue weighted by Crippen LogP contribution is 2.21. The smallest absolute Gasteiger partial charge is 0.332 e. The third-order valence-electron chi connectivity index (χ3n) is 3.25. The molecule has 0 aliphatic rings. The van der Waals surface area contributed by atoms with Crippen LogP contribution in [0.15, 0.2) is 30.3 Å². The third kappa shape index (κ3) is 5.40. The monoisotopic (exact) mass is 300 g/mol. The van der Waals surface area contributed by atoms with E-state index >= 15 is 0 Å². The number of benzene rings is 1. The van der Waals surface area contributed by atoms with E-state index in [1.807, 2.05) is 30.3 Å². The molecule has 1 aromatic rings. The molecule has 0 spiro atoms. The molecule has 118 valence electrons. The number of ether oxygens (including phenoxy) is 1. The van der Waals surface area contributed by atoms with E-state index in [0.717, 1.165) is 5.56 Å². The molecular formula is C15H22F2N2O2. The van der Waals surface area contributed by atoms with Gasteiger partial charge in [0.25, 0.3) is 6.43 Å². The van der Waals surface area contributed by atoms with E-state index in [9.17, 15) is 13.6 Å². The van der Waals surface area contributed by atoms with E-state index in [0.29, 0.717) is 12.8 Å². The van der Waals surface area contributed by atoms with Gasteiger partial charge in [0.15, 0.2) is 5.54 Å². The largest absolute Gasteiger partial charge is 0.464 e. The van der Waals surface area contributed by atoms with E-state index in [1.54, 1.807) is 0 Å². The maximum absolute atomic E-state index is 13.0. The zero-order chi connectivity index (χ0) is 15.7. The number of hydrogen-bond donors (Lipinski definition) is 2. The molecule has 0 saturated carbocycles. The van der Waals surface area contributed by atoms with Crippen molar-refractivity contribution in [1.82, 2.24) is 0 Å². The van der Waals surface area contributed by atoms with Crippen LogP contribution in [0, 0.1) is 0 Å². The highest BCUT2D eigenvalue weighted by Gasteiger charge is 2.44. The predicted octanol–water partition coefficient (Wildman–Crippen LogP) is 1.86. The van der Waals surface area contributed by atoms with Gasteiger partial charge in [0.2, 0.25) is 0 Å². The van der Waals surface area contributed by atoms with Crippen LogP contribution in [-0.2, 0) is 16.0 Å². The lowest BCUT2D eigenvalue weighted by Crippen LogP contribution is -2.55. The van der Waals surface area contributed by atoms with E-state index in [1.165, 1.54) is 0 Å². The van der Waals surface area contributed by atoms with Crippen LogP contribution in [0.4, 0.5) is 8.78 Å². The Kier molecular flexibility index (Phi) is 7.25. The first kappa shape index (κ1) is 17.5. The van der Waals surface area contributed by atoms with Crippen molar-refractivity contribution in [1.29, 1.82) is 0 Å². The molecule has 1 aromatic carbocycles. The van der Waals surface area contributed by atoms with Gasteiger partial charge in [-0.25, -0.2) is 13.6 Å². The van der Waals surface area contributed by atoms with E-state index in [4.69, 9.17) is 16.2 Å². The fourth-order valence-corrected chi connectivity index (χ4v) is 1.92. The quantitative estimate of drug-likeness (QED) is 0.539. The molecule has 0 aromatic heterocycles. The molecule has 4 nitrogen and oxygen atoms in total. The minimum atomic E-state index is -2.97. The zero-order valence-electron chi connectivity index (χ0n) is 11.9. The number of alkyl halides is 2. The van der Waals surface area contributed by atoms with E-state index < -0.39 is 17.9 Å². The molecule has 0 radical (unpaired) electrons. The number of esters is 1. The molecule has 0 amide bonds. The number of halogens is 2. The Balaban J connectivity index is 2.40. The lowest BCUT2D eigenvalue weighted by atomic mass is 9.95. The second kappa shape index (κ2) is 8.69. The van der Waals surface area contributed by atoms with Gasteiger partial charge in [0.1, 0.15) is 0 Å². The highest BCUT2D eigenvalue weighted by atomic mass is 19.3. The van der Waals surface area contributed by atoms with Crippen LogP contribution in [-0.4, -0.2) is 31.1 Å². The normalized spacial score (nSPS) is 14.0. The third-order valence-corrected chi connectivity index (χ3v) is 3.25. The zero-order valence-corrected chi connectivity index (χ0v) is 11.9. The van der Waals surface area contributed by atoms with Crippen molar-refractivity contribution in [2.75, 3.05) is 13.2 Å². The van der Waals surface area contributed by atoms with Gasteiger partial charge >= 0.3 is 5.97 Å². The molecule has 0 fully saturated rings. The molecule has 1 rings (SSSR count). The standard InChI is InChI=1S/C15H22F2N2O2/c16-13(17)15(19,9-5-10-18)14(20)21-11-4-8-12-6-2-1-3-7-12/h1-3,6-7,13H,4-5,8-11,18-19H2. The van der Waals surface area contributed by atoms with Crippen molar-refractivity contribution in [2.24, 2.45) is 11.5 Å². The molecule has 1 atom stereocenters. The molecule has 0 aliphatic carbocycles. The Morgan fingerprint density at radius 3 is 2.48 bits per heavy atom. The van der Waals surface area contributed by atoms with Crippen molar-refractivity contribution in [3.8, 4) is 0 Å². The van der Waals surface area contributed by atoms with Gasteiger partial charge in [0, 0.05) is 0 Å². The van der Waals surface area contributed by atoms with Gasteiger partial charge < -0.3 is 16.2 Å². The minimum Gasteiger partial charge on any atom is -0.464 e. The van der Waals surface area contributed by atoms with Crippen molar-refractivity contribution in [3.05, 3.63) is 35.9 Å². The van der Waals surface area contributed by atoms with Crippen LogP contribution in [0.5, 0.6) is 0 Å². The molecular weight excluding hydrogens is 278 g/mol. The highest BCUT2D eigenvalue weighted by molar-refractivity contribution is 5.81. The maximum atomic E-state index is 13.0. The molecule has 0 heterocycles. The van der Waals surface area contributed by atoms with Gasteiger partial charge in [-0.05, 0) is 37.8 Å². The summed E-state index contributed by atoms with van der Waals surface area (Å²) in [6, 6.07) is 9.64. The van der Waals surface area contributed by atoms with Crippen LogP contribution in [0.3, 0.4) is 0 Å². The maximum Gasteiger partial charge on any atom is 0.332 e. The summed E-state index contributed by atoms with van der Waals surface area (Å²) in [6.45, 7) is 0.273. The fourth-order valence-electron chi connectivity index (χ4n) is 1.92. The molecule has 0 saturated heterocycles. The molecule has 1 unspecified atom stereocenters. The van der Waals surface area contributed by atoms with Crippen molar-refractivity contribution in [2.45, 2.75) is 37.6 Å². The number of rotatable bonds is 9. The lowest BCUT2D eigenvalue weighted by Gasteiger charge is -2.26. The van der Waals surface area contributed by atoms with Gasteiger partial charge in [0.05, 0.1) is 6.61 Å². The van der Waals surface area contributed by atoms with Crippen molar-refractivity contribution < 1.29 is 18.3 Å².